The molecular weight excluding hydrogens is 362 g/mol. The molecule has 6 nitrogen and oxygen atoms in total. The molecule has 0 aliphatic heterocycles. The summed E-state index contributed by atoms with van der Waals surface area (Å²) in [6.45, 7) is 0.788. The lowest BCUT2D eigenvalue weighted by molar-refractivity contribution is 0.102. The number of rotatable bonds is 7. The molecule has 29 heavy (non-hydrogen) atoms. The van der Waals surface area contributed by atoms with Crippen molar-refractivity contribution < 1.29 is 4.79 Å². The molecule has 0 saturated carbocycles. The van der Waals surface area contributed by atoms with Gasteiger partial charge in [-0.1, -0.05) is 48.5 Å². The van der Waals surface area contributed by atoms with E-state index in [0.29, 0.717) is 11.5 Å². The standard InChI is InChI=1S/C23H21N5O/c29-23(26-19-12-4-10-18-11-6-16-25-22(18)19)20-13-14-21(28-27-20)24-15-5-9-17-7-2-1-3-8-17/h1-4,6-8,10-14,16H,5,9,15H2,(H,24,28)(H,26,29). The van der Waals surface area contributed by atoms with E-state index in [1.807, 2.05) is 48.5 Å². The van der Waals surface area contributed by atoms with Crippen LogP contribution in [0.3, 0.4) is 0 Å². The van der Waals surface area contributed by atoms with Crippen molar-refractivity contribution >= 4 is 28.3 Å². The van der Waals surface area contributed by atoms with Gasteiger partial charge in [-0.3, -0.25) is 9.78 Å². The molecule has 0 spiro atoms. The van der Waals surface area contributed by atoms with Crippen LogP contribution in [0.25, 0.3) is 10.9 Å². The van der Waals surface area contributed by atoms with E-state index >= 15 is 0 Å². The Bertz CT molecular complexity index is 1090. The maximum Gasteiger partial charge on any atom is 0.276 e. The highest BCUT2D eigenvalue weighted by Crippen LogP contribution is 2.21. The lowest BCUT2D eigenvalue weighted by atomic mass is 10.1. The van der Waals surface area contributed by atoms with Crippen LogP contribution >= 0.6 is 0 Å². The minimum atomic E-state index is -0.314. The van der Waals surface area contributed by atoms with Crippen LogP contribution in [0.1, 0.15) is 22.5 Å². The van der Waals surface area contributed by atoms with Crippen LogP contribution < -0.4 is 10.6 Å². The van der Waals surface area contributed by atoms with Crippen molar-refractivity contribution in [3.8, 4) is 0 Å². The van der Waals surface area contributed by atoms with E-state index in [0.717, 1.165) is 30.3 Å². The van der Waals surface area contributed by atoms with Gasteiger partial charge in [-0.2, -0.15) is 0 Å². The molecule has 2 heterocycles. The van der Waals surface area contributed by atoms with Crippen LogP contribution in [0.5, 0.6) is 0 Å². The highest BCUT2D eigenvalue weighted by atomic mass is 16.1. The molecule has 1 amide bonds. The van der Waals surface area contributed by atoms with Gasteiger partial charge in [0.1, 0.15) is 5.82 Å². The number of anilines is 2. The van der Waals surface area contributed by atoms with Crippen LogP contribution in [0.2, 0.25) is 0 Å². The second kappa shape index (κ2) is 8.93. The van der Waals surface area contributed by atoms with Crippen molar-refractivity contribution in [1.29, 1.82) is 0 Å². The third-order valence-electron chi connectivity index (χ3n) is 4.57. The monoisotopic (exact) mass is 383 g/mol. The highest BCUT2D eigenvalue weighted by molar-refractivity contribution is 6.07. The second-order valence-electron chi connectivity index (χ2n) is 6.65. The zero-order chi connectivity index (χ0) is 19.9. The van der Waals surface area contributed by atoms with Gasteiger partial charge in [0.15, 0.2) is 5.69 Å². The molecule has 0 aliphatic rings. The molecule has 0 radical (unpaired) electrons. The number of carbonyl (C=O) groups is 1. The summed E-state index contributed by atoms with van der Waals surface area (Å²) in [7, 11) is 0. The van der Waals surface area contributed by atoms with Crippen molar-refractivity contribution in [3.63, 3.8) is 0 Å². The molecule has 6 heteroatoms. The molecule has 2 aromatic heterocycles. The lowest BCUT2D eigenvalue weighted by Gasteiger charge is -2.08. The Balaban J connectivity index is 1.33. The Morgan fingerprint density at radius 3 is 2.55 bits per heavy atom. The summed E-state index contributed by atoms with van der Waals surface area (Å²) in [6.07, 6.45) is 3.69. The Kier molecular flexibility index (Phi) is 5.71. The third kappa shape index (κ3) is 4.73. The topological polar surface area (TPSA) is 79.8 Å². The smallest absolute Gasteiger partial charge is 0.276 e. The van der Waals surface area contributed by atoms with Crippen LogP contribution in [0.4, 0.5) is 11.5 Å². The van der Waals surface area contributed by atoms with Gasteiger partial charge >= 0.3 is 0 Å². The summed E-state index contributed by atoms with van der Waals surface area (Å²) in [4.78, 5) is 16.9. The Hall–Kier alpha value is -3.80. The molecule has 144 valence electrons. The van der Waals surface area contributed by atoms with Crippen molar-refractivity contribution in [3.05, 3.63) is 90.3 Å². The normalized spacial score (nSPS) is 10.6. The average Bonchev–Trinajstić information content (AvgIpc) is 2.78. The van der Waals surface area contributed by atoms with Crippen molar-refractivity contribution in [1.82, 2.24) is 15.2 Å². The lowest BCUT2D eigenvalue weighted by Crippen LogP contribution is -2.15. The fourth-order valence-corrected chi connectivity index (χ4v) is 3.09. The van der Waals surface area contributed by atoms with E-state index in [1.165, 1.54) is 5.56 Å². The molecule has 2 N–H and O–H groups in total. The summed E-state index contributed by atoms with van der Waals surface area (Å²) < 4.78 is 0. The predicted octanol–water partition coefficient (Wildman–Crippen LogP) is 4.32. The minimum Gasteiger partial charge on any atom is -0.369 e. The van der Waals surface area contributed by atoms with Crippen LogP contribution in [-0.4, -0.2) is 27.6 Å². The zero-order valence-electron chi connectivity index (χ0n) is 15.9. The number of para-hydroxylation sites is 1. The summed E-state index contributed by atoms with van der Waals surface area (Å²) in [5.74, 6) is 0.340. The summed E-state index contributed by atoms with van der Waals surface area (Å²) in [5.41, 5.74) is 2.97. The molecule has 2 aromatic carbocycles. The first-order valence-corrected chi connectivity index (χ1v) is 9.56. The molecule has 4 aromatic rings. The maximum atomic E-state index is 12.5. The number of carbonyl (C=O) groups excluding carboxylic acids is 1. The summed E-state index contributed by atoms with van der Waals surface area (Å²) >= 11 is 0. The van der Waals surface area contributed by atoms with E-state index in [1.54, 1.807) is 18.3 Å². The van der Waals surface area contributed by atoms with Crippen LogP contribution in [-0.2, 0) is 6.42 Å². The highest BCUT2D eigenvalue weighted by Gasteiger charge is 2.11. The van der Waals surface area contributed by atoms with Gasteiger partial charge in [-0.15, -0.1) is 10.2 Å². The number of hydrogen-bond donors (Lipinski definition) is 2. The van der Waals surface area contributed by atoms with E-state index < -0.39 is 0 Å². The van der Waals surface area contributed by atoms with Crippen molar-refractivity contribution in [2.75, 3.05) is 17.2 Å². The number of nitrogens with zero attached hydrogens (tertiary/aromatic N) is 3. The predicted molar refractivity (Wildman–Crippen MR) is 115 cm³/mol. The van der Waals surface area contributed by atoms with Gasteiger partial charge in [0.25, 0.3) is 5.91 Å². The molecule has 0 unspecified atom stereocenters. The van der Waals surface area contributed by atoms with Crippen molar-refractivity contribution in [2.45, 2.75) is 12.8 Å². The second-order valence-corrected chi connectivity index (χ2v) is 6.65. The number of pyridine rings is 1. The van der Waals surface area contributed by atoms with Gasteiger partial charge in [0.2, 0.25) is 0 Å². The number of nitrogens with one attached hydrogen (secondary N) is 2. The van der Waals surface area contributed by atoms with Gasteiger partial charge in [0.05, 0.1) is 11.2 Å². The number of aryl methyl sites for hydroxylation is 1. The molecule has 0 saturated heterocycles. The molecular formula is C23H21N5O. The molecule has 0 aliphatic carbocycles. The largest absolute Gasteiger partial charge is 0.369 e. The van der Waals surface area contributed by atoms with Gasteiger partial charge in [-0.25, -0.2) is 0 Å². The molecule has 0 atom stereocenters. The van der Waals surface area contributed by atoms with E-state index in [9.17, 15) is 4.79 Å². The number of aromatic nitrogens is 3. The van der Waals surface area contributed by atoms with Crippen molar-refractivity contribution in [2.24, 2.45) is 0 Å². The van der Waals surface area contributed by atoms with Gasteiger partial charge in [0, 0.05) is 18.1 Å². The van der Waals surface area contributed by atoms with Gasteiger partial charge in [-0.05, 0) is 42.7 Å². The SMILES string of the molecule is O=C(Nc1cccc2cccnc12)c1ccc(NCCCc2ccccc2)nn1. The van der Waals surface area contributed by atoms with Crippen LogP contribution in [0, 0.1) is 0 Å². The number of hydrogen-bond acceptors (Lipinski definition) is 5. The Morgan fingerprint density at radius 1 is 0.862 bits per heavy atom. The number of amides is 1. The van der Waals surface area contributed by atoms with Gasteiger partial charge < -0.3 is 10.6 Å². The summed E-state index contributed by atoms with van der Waals surface area (Å²) in [6, 6.07) is 23.3. The number of benzene rings is 2. The molecule has 0 fully saturated rings. The fraction of sp³-hybridized carbons (Fsp3) is 0.130. The first kappa shape index (κ1) is 18.6. The van der Waals surface area contributed by atoms with E-state index in [2.05, 4.69) is 37.9 Å². The zero-order valence-corrected chi connectivity index (χ0v) is 15.9. The average molecular weight is 383 g/mol. The first-order valence-electron chi connectivity index (χ1n) is 9.56. The molecule has 0 bridgehead atoms. The number of fused-ring (bicyclic) bond motifs is 1. The summed E-state index contributed by atoms with van der Waals surface area (Å²) in [5, 5.41) is 15.2. The quantitative estimate of drug-likeness (QED) is 0.465. The minimum absolute atomic E-state index is 0.257. The Labute approximate surface area is 169 Å². The fourth-order valence-electron chi connectivity index (χ4n) is 3.09. The van der Waals surface area contributed by atoms with E-state index in [4.69, 9.17) is 0 Å². The first-order chi connectivity index (χ1) is 14.3. The van der Waals surface area contributed by atoms with E-state index in [-0.39, 0.29) is 11.6 Å². The maximum absolute atomic E-state index is 12.5. The van der Waals surface area contributed by atoms with Crippen LogP contribution in [0.15, 0.2) is 79.0 Å². The third-order valence-corrected chi connectivity index (χ3v) is 4.57. The Morgan fingerprint density at radius 2 is 1.72 bits per heavy atom. The molecule has 4 rings (SSSR count).